The number of ether oxygens (including phenoxy) is 1. The summed E-state index contributed by atoms with van der Waals surface area (Å²) < 4.78 is 7.12. The van der Waals surface area contributed by atoms with Crippen molar-refractivity contribution in [1.82, 2.24) is 9.55 Å². The number of carbonyl (C=O) groups is 1. The molecule has 0 N–H and O–H groups in total. The fraction of sp³-hybridized carbons (Fsp3) is 0.308. The molecule has 0 amide bonds. The second kappa shape index (κ2) is 5.88. The summed E-state index contributed by atoms with van der Waals surface area (Å²) in [5.41, 5.74) is 0.440. The predicted molar refractivity (Wildman–Crippen MR) is 82.6 cm³/mol. The van der Waals surface area contributed by atoms with E-state index in [2.05, 4.69) is 27.5 Å². The van der Waals surface area contributed by atoms with Gasteiger partial charge in [0.05, 0.1) is 24.9 Å². The Morgan fingerprint density at radius 3 is 2.90 bits per heavy atom. The molecule has 0 radical (unpaired) electrons. The molecular formula is C13H13BrN2O3S. The topological polar surface area (TPSA) is 61.2 Å². The summed E-state index contributed by atoms with van der Waals surface area (Å²) in [6.07, 6.45) is 1.46. The van der Waals surface area contributed by atoms with Gasteiger partial charge in [0.25, 0.3) is 5.56 Å². The first-order valence-electron chi connectivity index (χ1n) is 5.94. The zero-order valence-electron chi connectivity index (χ0n) is 11.1. The summed E-state index contributed by atoms with van der Waals surface area (Å²) in [6.45, 7) is 7.83. The van der Waals surface area contributed by atoms with Crippen molar-refractivity contribution in [3.8, 4) is 0 Å². The van der Waals surface area contributed by atoms with E-state index in [9.17, 15) is 9.59 Å². The Balaban J connectivity index is 2.61. The van der Waals surface area contributed by atoms with E-state index >= 15 is 0 Å². The minimum absolute atomic E-state index is 0.181. The maximum atomic E-state index is 12.4. The number of nitrogens with zero attached hydrogens (tertiary/aromatic N) is 2. The minimum atomic E-state index is -0.413. The van der Waals surface area contributed by atoms with E-state index in [1.807, 2.05) is 0 Å². The van der Waals surface area contributed by atoms with Gasteiger partial charge in [-0.2, -0.15) is 0 Å². The highest BCUT2D eigenvalue weighted by atomic mass is 79.9. The van der Waals surface area contributed by atoms with E-state index in [1.54, 1.807) is 13.8 Å². The first-order valence-corrected chi connectivity index (χ1v) is 7.55. The third-order valence-electron chi connectivity index (χ3n) is 2.72. The van der Waals surface area contributed by atoms with Crippen LogP contribution in [0.2, 0.25) is 0 Å². The molecule has 2 heterocycles. The highest BCUT2D eigenvalue weighted by molar-refractivity contribution is 9.11. The number of fused-ring (bicyclic) bond motifs is 1. The molecule has 20 heavy (non-hydrogen) atoms. The number of aromatic nitrogens is 2. The van der Waals surface area contributed by atoms with Crippen LogP contribution in [0.4, 0.5) is 0 Å². The molecule has 0 bridgehead atoms. The lowest BCUT2D eigenvalue weighted by atomic mass is 10.2. The summed E-state index contributed by atoms with van der Waals surface area (Å²) >= 11 is 4.40. The molecule has 0 aromatic carbocycles. The number of hydrogen-bond donors (Lipinski definition) is 0. The van der Waals surface area contributed by atoms with E-state index < -0.39 is 5.97 Å². The number of rotatable bonds is 4. The van der Waals surface area contributed by atoms with E-state index in [1.165, 1.54) is 22.2 Å². The molecule has 7 heteroatoms. The van der Waals surface area contributed by atoms with Crippen LogP contribution in [0.15, 0.2) is 22.2 Å². The fourth-order valence-electron chi connectivity index (χ4n) is 1.85. The predicted octanol–water partition coefficient (Wildman–Crippen LogP) is 2.85. The van der Waals surface area contributed by atoms with Gasteiger partial charge in [0.1, 0.15) is 9.71 Å². The third-order valence-corrected chi connectivity index (χ3v) is 4.15. The fourth-order valence-corrected chi connectivity index (χ4v) is 3.15. The molecular weight excluding hydrogens is 344 g/mol. The van der Waals surface area contributed by atoms with Crippen LogP contribution < -0.4 is 5.56 Å². The van der Waals surface area contributed by atoms with Gasteiger partial charge in [-0.1, -0.05) is 22.5 Å². The SMILES string of the molecule is C=C(Br)Cn1cnc2sc(C(=O)OCC)c(C)c2c1=O. The number of allylic oxidation sites excluding steroid dienone is 1. The van der Waals surface area contributed by atoms with Gasteiger partial charge in [0.2, 0.25) is 0 Å². The van der Waals surface area contributed by atoms with Crippen molar-refractivity contribution < 1.29 is 9.53 Å². The highest BCUT2D eigenvalue weighted by Crippen LogP contribution is 2.27. The molecule has 0 aliphatic rings. The van der Waals surface area contributed by atoms with Crippen LogP contribution in [0.25, 0.3) is 10.2 Å². The van der Waals surface area contributed by atoms with Gasteiger partial charge < -0.3 is 4.74 Å². The summed E-state index contributed by atoms with van der Waals surface area (Å²) in [6, 6.07) is 0. The van der Waals surface area contributed by atoms with Gasteiger partial charge in [-0.15, -0.1) is 11.3 Å². The van der Waals surface area contributed by atoms with E-state index in [-0.39, 0.29) is 5.56 Å². The van der Waals surface area contributed by atoms with Crippen molar-refractivity contribution in [2.45, 2.75) is 20.4 Å². The Morgan fingerprint density at radius 1 is 1.60 bits per heavy atom. The second-order valence-corrected chi connectivity index (χ2v) is 6.27. The summed E-state index contributed by atoms with van der Waals surface area (Å²) in [7, 11) is 0. The van der Waals surface area contributed by atoms with Crippen molar-refractivity contribution in [1.29, 1.82) is 0 Å². The van der Waals surface area contributed by atoms with Gasteiger partial charge in [-0.25, -0.2) is 9.78 Å². The third kappa shape index (κ3) is 2.69. The van der Waals surface area contributed by atoms with Crippen LogP contribution >= 0.6 is 27.3 Å². The largest absolute Gasteiger partial charge is 0.462 e. The normalized spacial score (nSPS) is 10.8. The molecule has 2 rings (SSSR count). The molecule has 5 nitrogen and oxygen atoms in total. The van der Waals surface area contributed by atoms with Crippen molar-refractivity contribution in [2.75, 3.05) is 6.61 Å². The lowest BCUT2D eigenvalue weighted by molar-refractivity contribution is 0.0531. The number of thiophene rings is 1. The van der Waals surface area contributed by atoms with Crippen molar-refractivity contribution in [2.24, 2.45) is 0 Å². The first kappa shape index (κ1) is 14.9. The zero-order chi connectivity index (χ0) is 14.9. The molecule has 0 aliphatic carbocycles. The molecule has 0 spiro atoms. The van der Waals surface area contributed by atoms with Crippen LogP contribution in [0, 0.1) is 6.92 Å². The standard InChI is InChI=1S/C13H13BrN2O3S/c1-4-19-13(18)10-8(3)9-11(20-10)15-6-16(12(9)17)5-7(2)14/h6H,2,4-5H2,1,3H3. The Kier molecular flexibility index (Phi) is 4.39. The monoisotopic (exact) mass is 356 g/mol. The lowest BCUT2D eigenvalue weighted by Crippen LogP contribution is -2.20. The summed E-state index contributed by atoms with van der Waals surface area (Å²) in [5.74, 6) is -0.413. The van der Waals surface area contributed by atoms with Gasteiger partial charge >= 0.3 is 5.97 Å². The molecule has 106 valence electrons. The maximum Gasteiger partial charge on any atom is 0.348 e. The van der Waals surface area contributed by atoms with Crippen molar-refractivity contribution in [3.63, 3.8) is 0 Å². The first-order chi connectivity index (χ1) is 9.45. The lowest BCUT2D eigenvalue weighted by Gasteiger charge is -2.03. The van der Waals surface area contributed by atoms with Gasteiger partial charge in [0.15, 0.2) is 0 Å². The van der Waals surface area contributed by atoms with Crippen LogP contribution in [0.1, 0.15) is 22.2 Å². The Morgan fingerprint density at radius 2 is 2.30 bits per heavy atom. The van der Waals surface area contributed by atoms with Crippen LogP contribution in [0.3, 0.4) is 0 Å². The Labute approximate surface area is 128 Å². The molecule has 0 aliphatic heterocycles. The number of aryl methyl sites for hydroxylation is 1. The molecule has 0 saturated carbocycles. The molecule has 0 atom stereocenters. The van der Waals surface area contributed by atoms with E-state index in [4.69, 9.17) is 4.74 Å². The van der Waals surface area contributed by atoms with Gasteiger partial charge in [-0.05, 0) is 19.4 Å². The smallest absolute Gasteiger partial charge is 0.348 e. The summed E-state index contributed by atoms with van der Waals surface area (Å²) in [4.78, 5) is 29.4. The van der Waals surface area contributed by atoms with Crippen molar-refractivity contribution >= 4 is 43.5 Å². The Bertz CT molecular complexity index is 748. The molecule has 2 aromatic heterocycles. The van der Waals surface area contributed by atoms with E-state index in [0.29, 0.717) is 38.3 Å². The van der Waals surface area contributed by atoms with Gasteiger partial charge in [0, 0.05) is 4.48 Å². The molecule has 0 fully saturated rings. The average molecular weight is 357 g/mol. The molecule has 0 unspecified atom stereocenters. The molecule has 0 saturated heterocycles. The van der Waals surface area contributed by atoms with Crippen LogP contribution in [-0.2, 0) is 11.3 Å². The van der Waals surface area contributed by atoms with E-state index in [0.717, 1.165) is 0 Å². The quantitative estimate of drug-likeness (QED) is 0.790. The number of halogens is 1. The van der Waals surface area contributed by atoms with Crippen molar-refractivity contribution in [3.05, 3.63) is 38.2 Å². The average Bonchev–Trinajstić information content (AvgIpc) is 2.71. The zero-order valence-corrected chi connectivity index (χ0v) is 13.5. The van der Waals surface area contributed by atoms with Crippen LogP contribution in [-0.4, -0.2) is 22.1 Å². The van der Waals surface area contributed by atoms with Gasteiger partial charge in [-0.3, -0.25) is 9.36 Å². The Hall–Kier alpha value is -1.47. The number of hydrogen-bond acceptors (Lipinski definition) is 5. The number of carbonyl (C=O) groups excluding carboxylic acids is 1. The van der Waals surface area contributed by atoms with Crippen LogP contribution in [0.5, 0.6) is 0 Å². The highest BCUT2D eigenvalue weighted by Gasteiger charge is 2.20. The molecule has 2 aromatic rings. The second-order valence-electron chi connectivity index (χ2n) is 4.15. The number of esters is 1. The maximum absolute atomic E-state index is 12.4. The summed E-state index contributed by atoms with van der Waals surface area (Å²) in [5, 5.41) is 0.467. The minimum Gasteiger partial charge on any atom is -0.462 e.